The molecule has 0 aliphatic carbocycles. The fourth-order valence-electron chi connectivity index (χ4n) is 2.94. The molecular weight excluding hydrogens is 340 g/mol. The number of carbonyl (C=O) groups is 2. The van der Waals surface area contributed by atoms with Gasteiger partial charge in [0.25, 0.3) is 5.91 Å². The highest BCUT2D eigenvalue weighted by Gasteiger charge is 2.37. The van der Waals surface area contributed by atoms with Gasteiger partial charge in [-0.3, -0.25) is 9.59 Å². The van der Waals surface area contributed by atoms with Crippen molar-refractivity contribution in [2.45, 2.75) is 20.8 Å². The highest BCUT2D eigenvalue weighted by Crippen LogP contribution is 2.38. The van der Waals surface area contributed by atoms with Crippen LogP contribution in [0.1, 0.15) is 29.8 Å². The van der Waals surface area contributed by atoms with Crippen LogP contribution in [0, 0.1) is 12.3 Å². The van der Waals surface area contributed by atoms with E-state index in [1.807, 2.05) is 32.9 Å². The lowest BCUT2D eigenvalue weighted by Crippen LogP contribution is -2.42. The standard InChI is InChI=1S/C22H24N2O3/c1-5-12-24-18-11-10-17(13-19(18)27-14-22(3,4)21(24)26)23-20(25)16-8-6-15(2)7-9-16/h5-11,13H,1,12,14H2,2-4H3,(H,23,25). The Morgan fingerprint density at radius 3 is 2.63 bits per heavy atom. The van der Waals surface area contributed by atoms with Crippen LogP contribution in [0.4, 0.5) is 11.4 Å². The Kier molecular flexibility index (Phi) is 5.04. The Hall–Kier alpha value is -3.08. The zero-order valence-corrected chi connectivity index (χ0v) is 15.9. The van der Waals surface area contributed by atoms with Crippen molar-refractivity contribution < 1.29 is 14.3 Å². The predicted molar refractivity (Wildman–Crippen MR) is 107 cm³/mol. The number of nitrogens with zero attached hydrogens (tertiary/aromatic N) is 1. The van der Waals surface area contributed by atoms with Crippen LogP contribution in [0.2, 0.25) is 0 Å². The summed E-state index contributed by atoms with van der Waals surface area (Å²) >= 11 is 0. The molecule has 5 nitrogen and oxygen atoms in total. The van der Waals surface area contributed by atoms with Crippen LogP contribution in [0.15, 0.2) is 55.1 Å². The van der Waals surface area contributed by atoms with Crippen molar-refractivity contribution in [2.24, 2.45) is 5.41 Å². The van der Waals surface area contributed by atoms with Gasteiger partial charge in [-0.25, -0.2) is 0 Å². The molecule has 2 aromatic carbocycles. The van der Waals surface area contributed by atoms with Gasteiger partial charge in [0.2, 0.25) is 5.91 Å². The summed E-state index contributed by atoms with van der Waals surface area (Å²) in [6, 6.07) is 12.7. The Morgan fingerprint density at radius 1 is 1.26 bits per heavy atom. The lowest BCUT2D eigenvalue weighted by Gasteiger charge is -2.27. The maximum atomic E-state index is 12.8. The van der Waals surface area contributed by atoms with Gasteiger partial charge in [0, 0.05) is 23.9 Å². The third kappa shape index (κ3) is 3.87. The second-order valence-corrected chi connectivity index (χ2v) is 7.38. The summed E-state index contributed by atoms with van der Waals surface area (Å²) in [5.41, 5.74) is 2.33. The molecule has 3 rings (SSSR count). The number of nitrogens with one attached hydrogen (secondary N) is 1. The molecule has 27 heavy (non-hydrogen) atoms. The lowest BCUT2D eigenvalue weighted by atomic mass is 9.93. The average Bonchev–Trinajstić information content (AvgIpc) is 2.73. The van der Waals surface area contributed by atoms with Gasteiger partial charge in [-0.1, -0.05) is 23.8 Å². The molecule has 0 bridgehead atoms. The zero-order valence-electron chi connectivity index (χ0n) is 15.9. The fourth-order valence-corrected chi connectivity index (χ4v) is 2.94. The highest BCUT2D eigenvalue weighted by atomic mass is 16.5. The van der Waals surface area contributed by atoms with Crippen LogP contribution in [-0.2, 0) is 4.79 Å². The highest BCUT2D eigenvalue weighted by molar-refractivity contribution is 6.05. The molecule has 0 saturated heterocycles. The smallest absolute Gasteiger partial charge is 0.255 e. The van der Waals surface area contributed by atoms with E-state index in [-0.39, 0.29) is 18.4 Å². The number of rotatable bonds is 4. The third-order valence-electron chi connectivity index (χ3n) is 4.55. The largest absolute Gasteiger partial charge is 0.490 e. The van der Waals surface area contributed by atoms with Crippen LogP contribution < -0.4 is 15.0 Å². The molecular formula is C22H24N2O3. The molecule has 1 heterocycles. The van der Waals surface area contributed by atoms with E-state index >= 15 is 0 Å². The Morgan fingerprint density at radius 2 is 1.96 bits per heavy atom. The maximum absolute atomic E-state index is 12.8. The first-order valence-corrected chi connectivity index (χ1v) is 8.89. The topological polar surface area (TPSA) is 58.6 Å². The summed E-state index contributed by atoms with van der Waals surface area (Å²) in [6.45, 7) is 10.1. The molecule has 0 radical (unpaired) electrons. The molecule has 1 N–H and O–H groups in total. The average molecular weight is 364 g/mol. The summed E-state index contributed by atoms with van der Waals surface area (Å²) in [4.78, 5) is 26.9. The van der Waals surface area contributed by atoms with Crippen LogP contribution in [0.3, 0.4) is 0 Å². The van der Waals surface area contributed by atoms with Crippen molar-refractivity contribution in [3.05, 3.63) is 66.2 Å². The van der Waals surface area contributed by atoms with Crippen molar-refractivity contribution in [3.8, 4) is 5.75 Å². The van der Waals surface area contributed by atoms with E-state index in [9.17, 15) is 9.59 Å². The number of anilines is 2. The number of ether oxygens (including phenoxy) is 1. The number of amides is 2. The van der Waals surface area contributed by atoms with Crippen LogP contribution in [-0.4, -0.2) is 25.0 Å². The monoisotopic (exact) mass is 364 g/mol. The van der Waals surface area contributed by atoms with Crippen LogP contribution in [0.25, 0.3) is 0 Å². The van der Waals surface area contributed by atoms with Gasteiger partial charge in [0.05, 0.1) is 11.1 Å². The summed E-state index contributed by atoms with van der Waals surface area (Å²) in [5.74, 6) is 0.359. The Labute approximate surface area is 159 Å². The van der Waals surface area contributed by atoms with Gasteiger partial charge in [0.1, 0.15) is 12.4 Å². The van der Waals surface area contributed by atoms with E-state index < -0.39 is 5.41 Å². The van der Waals surface area contributed by atoms with E-state index in [0.717, 1.165) is 5.56 Å². The predicted octanol–water partition coefficient (Wildman–Crippen LogP) is 4.18. The molecule has 5 heteroatoms. The molecule has 140 valence electrons. The van der Waals surface area contributed by atoms with Crippen molar-refractivity contribution in [3.63, 3.8) is 0 Å². The molecule has 0 unspecified atom stereocenters. The third-order valence-corrected chi connectivity index (χ3v) is 4.55. The minimum Gasteiger partial charge on any atom is -0.490 e. The number of hydrogen-bond acceptors (Lipinski definition) is 3. The fraction of sp³-hybridized carbons (Fsp3) is 0.273. The summed E-state index contributed by atoms with van der Waals surface area (Å²) in [5, 5.41) is 2.88. The second-order valence-electron chi connectivity index (χ2n) is 7.38. The van der Waals surface area contributed by atoms with Crippen LogP contribution >= 0.6 is 0 Å². The summed E-state index contributed by atoms with van der Waals surface area (Å²) < 4.78 is 5.91. The van der Waals surface area contributed by atoms with E-state index in [1.54, 1.807) is 41.3 Å². The van der Waals surface area contributed by atoms with Gasteiger partial charge in [-0.2, -0.15) is 0 Å². The van der Waals surface area contributed by atoms with Gasteiger partial charge in [0.15, 0.2) is 0 Å². The molecule has 0 fully saturated rings. The zero-order chi connectivity index (χ0) is 19.6. The summed E-state index contributed by atoms with van der Waals surface area (Å²) in [7, 11) is 0. The molecule has 0 aromatic heterocycles. The molecule has 0 saturated carbocycles. The van der Waals surface area contributed by atoms with Crippen molar-refractivity contribution in [1.29, 1.82) is 0 Å². The maximum Gasteiger partial charge on any atom is 0.255 e. The Balaban J connectivity index is 1.89. The molecule has 1 aliphatic heterocycles. The Bertz CT molecular complexity index is 885. The number of fused-ring (bicyclic) bond motifs is 1. The minimum absolute atomic E-state index is 0.0161. The van der Waals surface area contributed by atoms with Crippen molar-refractivity contribution in [1.82, 2.24) is 0 Å². The number of aryl methyl sites for hydroxylation is 1. The first-order chi connectivity index (χ1) is 12.8. The normalized spacial score (nSPS) is 15.4. The van der Waals surface area contributed by atoms with E-state index in [4.69, 9.17) is 4.74 Å². The second kappa shape index (κ2) is 7.27. The van der Waals surface area contributed by atoms with E-state index in [0.29, 0.717) is 29.2 Å². The van der Waals surface area contributed by atoms with Gasteiger partial charge < -0.3 is 15.0 Å². The molecule has 0 spiro atoms. The van der Waals surface area contributed by atoms with E-state index in [2.05, 4.69) is 11.9 Å². The first-order valence-electron chi connectivity index (χ1n) is 8.89. The number of benzene rings is 2. The molecule has 2 amide bonds. The van der Waals surface area contributed by atoms with Crippen molar-refractivity contribution in [2.75, 3.05) is 23.4 Å². The quantitative estimate of drug-likeness (QED) is 0.828. The first kappa shape index (κ1) is 18.7. The van der Waals surface area contributed by atoms with Gasteiger partial charge in [-0.15, -0.1) is 6.58 Å². The van der Waals surface area contributed by atoms with Gasteiger partial charge in [-0.05, 0) is 45.0 Å². The molecule has 1 aliphatic rings. The van der Waals surface area contributed by atoms with Crippen molar-refractivity contribution >= 4 is 23.2 Å². The number of carbonyl (C=O) groups excluding carboxylic acids is 2. The number of hydrogen-bond donors (Lipinski definition) is 1. The van der Waals surface area contributed by atoms with E-state index in [1.165, 1.54) is 0 Å². The minimum atomic E-state index is -0.645. The van der Waals surface area contributed by atoms with Crippen LogP contribution in [0.5, 0.6) is 5.75 Å². The molecule has 2 aromatic rings. The van der Waals surface area contributed by atoms with Gasteiger partial charge >= 0.3 is 0 Å². The SMILES string of the molecule is C=CCN1C(=O)C(C)(C)COc2cc(NC(=O)c3ccc(C)cc3)ccc21. The summed E-state index contributed by atoms with van der Waals surface area (Å²) in [6.07, 6.45) is 1.69. The molecule has 0 atom stereocenters. The lowest BCUT2D eigenvalue weighted by molar-refractivity contribution is -0.127.